The molecule has 0 aliphatic heterocycles. The highest BCUT2D eigenvalue weighted by molar-refractivity contribution is 5.72. The van der Waals surface area contributed by atoms with Crippen LogP contribution in [0.1, 0.15) is 117 Å². The van der Waals surface area contributed by atoms with Crippen molar-refractivity contribution in [2.45, 2.75) is 129 Å². The van der Waals surface area contributed by atoms with Gasteiger partial charge in [-0.3, -0.25) is 9.59 Å². The molecule has 0 saturated heterocycles. The molecule has 0 heterocycles. The Kier molecular flexibility index (Phi) is 32.8. The fourth-order valence-electron chi connectivity index (χ4n) is 5.10. The van der Waals surface area contributed by atoms with Gasteiger partial charge in [-0.15, -0.1) is 0 Å². The minimum absolute atomic E-state index is 0.0335. The van der Waals surface area contributed by atoms with Crippen LogP contribution in [0.3, 0.4) is 0 Å². The van der Waals surface area contributed by atoms with Crippen molar-refractivity contribution in [1.82, 2.24) is 0 Å². The summed E-state index contributed by atoms with van der Waals surface area (Å²) in [6.45, 7) is 4.38. The van der Waals surface area contributed by atoms with Crippen LogP contribution in [0.5, 0.6) is 0 Å². The third kappa shape index (κ3) is 33.8. The standard InChI is InChI=1S/C45H71NO7/c1-6-8-10-12-14-16-18-20-21-22-23-24-26-27-29-31-33-35-43(47)52-40-41(39-51-38-37-42(45(49)50)46(3,4)5)53-44(48)36-34-32-30-28-25-19-17-15-13-11-9-7-2/h8-12,14-18,20-24,26,41-42H,6-7,13,19,25,27-40H2,1-5H3/p+1/b10-8+,11-9+,14-12+,17-15+,18-16+,21-20+,23-22+,26-24+. The fraction of sp³-hybridized carbons (Fsp3) is 0.578. The monoisotopic (exact) mass is 739 g/mol. The molecule has 2 unspecified atom stereocenters. The van der Waals surface area contributed by atoms with Crippen molar-refractivity contribution in [1.29, 1.82) is 0 Å². The van der Waals surface area contributed by atoms with Crippen molar-refractivity contribution in [3.63, 3.8) is 0 Å². The zero-order valence-corrected chi connectivity index (χ0v) is 33.7. The van der Waals surface area contributed by atoms with Gasteiger partial charge in [0.25, 0.3) is 0 Å². The lowest BCUT2D eigenvalue weighted by molar-refractivity contribution is -0.887. The number of nitrogens with zero attached hydrogens (tertiary/aromatic N) is 1. The van der Waals surface area contributed by atoms with Gasteiger partial charge in [0.15, 0.2) is 12.1 Å². The molecule has 0 radical (unpaired) electrons. The van der Waals surface area contributed by atoms with Gasteiger partial charge < -0.3 is 23.8 Å². The second kappa shape index (κ2) is 35.3. The average Bonchev–Trinajstić information content (AvgIpc) is 3.11. The third-order valence-electron chi connectivity index (χ3n) is 8.14. The van der Waals surface area contributed by atoms with E-state index in [1.807, 2.05) is 81.9 Å². The SMILES string of the molecule is CC/C=C/C=C/C=C/C=C/C=C/C=C/CCCCCC(=O)OCC(COCCC(C(=O)O)[N+](C)(C)C)OC(=O)CCCCCCC/C=C/C/C=C/CC. The van der Waals surface area contributed by atoms with Gasteiger partial charge in [0.2, 0.25) is 0 Å². The van der Waals surface area contributed by atoms with E-state index in [0.29, 0.717) is 19.3 Å². The number of hydrogen-bond donors (Lipinski definition) is 1. The maximum atomic E-state index is 12.7. The summed E-state index contributed by atoms with van der Waals surface area (Å²) in [6, 6.07) is -0.629. The number of carboxylic acid groups (broad SMARTS) is 1. The van der Waals surface area contributed by atoms with E-state index in [2.05, 4.69) is 50.3 Å². The first-order valence-electron chi connectivity index (χ1n) is 19.9. The summed E-state index contributed by atoms with van der Waals surface area (Å²) in [7, 11) is 5.48. The zero-order chi connectivity index (χ0) is 39.3. The molecule has 2 atom stereocenters. The van der Waals surface area contributed by atoms with Crippen LogP contribution in [0.25, 0.3) is 0 Å². The Bertz CT molecular complexity index is 1180. The normalized spacial score (nSPS) is 14.1. The molecule has 0 aromatic heterocycles. The van der Waals surface area contributed by atoms with E-state index in [0.717, 1.165) is 83.5 Å². The maximum absolute atomic E-state index is 12.7. The second-order valence-corrected chi connectivity index (χ2v) is 13.9. The second-order valence-electron chi connectivity index (χ2n) is 13.9. The van der Waals surface area contributed by atoms with Gasteiger partial charge in [-0.25, -0.2) is 4.79 Å². The van der Waals surface area contributed by atoms with Crippen molar-refractivity contribution in [3.8, 4) is 0 Å². The topological polar surface area (TPSA) is 99.1 Å². The van der Waals surface area contributed by atoms with E-state index in [4.69, 9.17) is 14.2 Å². The summed E-state index contributed by atoms with van der Waals surface area (Å²) in [5.74, 6) is -1.56. The van der Waals surface area contributed by atoms with Crippen LogP contribution in [0, 0.1) is 0 Å². The number of esters is 2. The molecule has 298 valence electrons. The predicted molar refractivity (Wildman–Crippen MR) is 219 cm³/mol. The van der Waals surface area contributed by atoms with Crippen molar-refractivity contribution in [2.24, 2.45) is 0 Å². The lowest BCUT2D eigenvalue weighted by Crippen LogP contribution is -2.50. The van der Waals surface area contributed by atoms with Gasteiger partial charge in [-0.1, -0.05) is 137 Å². The molecule has 8 nitrogen and oxygen atoms in total. The van der Waals surface area contributed by atoms with Crippen LogP contribution in [-0.2, 0) is 28.6 Å². The van der Waals surface area contributed by atoms with Gasteiger partial charge in [0.05, 0.1) is 34.4 Å². The quantitative estimate of drug-likeness (QED) is 0.0235. The van der Waals surface area contributed by atoms with E-state index >= 15 is 0 Å². The van der Waals surface area contributed by atoms with E-state index in [1.54, 1.807) is 0 Å². The molecule has 0 aliphatic carbocycles. The fourth-order valence-corrected chi connectivity index (χ4v) is 5.10. The number of allylic oxidation sites excluding steroid dienone is 16. The van der Waals surface area contributed by atoms with Crippen LogP contribution in [0.2, 0.25) is 0 Å². The summed E-state index contributed by atoms with van der Waals surface area (Å²) in [5, 5.41) is 9.59. The number of ether oxygens (including phenoxy) is 3. The van der Waals surface area contributed by atoms with Gasteiger partial charge in [-0.05, 0) is 57.8 Å². The summed E-state index contributed by atoms with van der Waals surface area (Å²) >= 11 is 0. The summed E-state index contributed by atoms with van der Waals surface area (Å²) in [4.78, 5) is 36.8. The Hall–Kier alpha value is -3.75. The molecule has 0 fully saturated rings. The molecular weight excluding hydrogens is 666 g/mol. The molecule has 0 bridgehead atoms. The van der Waals surface area contributed by atoms with Crippen molar-refractivity contribution >= 4 is 17.9 Å². The molecule has 0 spiro atoms. The lowest BCUT2D eigenvalue weighted by atomic mass is 10.1. The van der Waals surface area contributed by atoms with Gasteiger partial charge in [0.1, 0.15) is 6.61 Å². The number of carbonyl (C=O) groups excluding carboxylic acids is 2. The van der Waals surface area contributed by atoms with Crippen LogP contribution < -0.4 is 0 Å². The smallest absolute Gasteiger partial charge is 0.362 e. The van der Waals surface area contributed by atoms with Crippen LogP contribution in [0.15, 0.2) is 97.2 Å². The largest absolute Gasteiger partial charge is 0.477 e. The minimum Gasteiger partial charge on any atom is -0.477 e. The number of aliphatic carboxylic acids is 1. The van der Waals surface area contributed by atoms with E-state index < -0.39 is 18.1 Å². The van der Waals surface area contributed by atoms with Crippen LogP contribution in [0.4, 0.5) is 0 Å². The lowest BCUT2D eigenvalue weighted by Gasteiger charge is -2.31. The van der Waals surface area contributed by atoms with Crippen molar-refractivity contribution in [2.75, 3.05) is 41.0 Å². The molecule has 0 saturated carbocycles. The van der Waals surface area contributed by atoms with Gasteiger partial charge in [-0.2, -0.15) is 0 Å². The number of likely N-dealkylation sites (N-methyl/N-ethyl adjacent to an activating group) is 1. The van der Waals surface area contributed by atoms with Crippen molar-refractivity contribution in [3.05, 3.63) is 97.2 Å². The molecule has 53 heavy (non-hydrogen) atoms. The zero-order valence-electron chi connectivity index (χ0n) is 33.7. The first-order chi connectivity index (χ1) is 25.6. The maximum Gasteiger partial charge on any atom is 0.362 e. The third-order valence-corrected chi connectivity index (χ3v) is 8.14. The van der Waals surface area contributed by atoms with Gasteiger partial charge in [0, 0.05) is 19.3 Å². The molecule has 0 amide bonds. The first kappa shape index (κ1) is 49.2. The van der Waals surface area contributed by atoms with Crippen LogP contribution in [-0.4, -0.2) is 80.6 Å². The molecule has 0 aromatic rings. The Labute approximate surface area is 322 Å². The Balaban J connectivity index is 4.54. The summed E-state index contributed by atoms with van der Waals surface area (Å²) in [5.41, 5.74) is 0. The molecular formula is C45H72NO7+. The van der Waals surface area contributed by atoms with Crippen molar-refractivity contribution < 1.29 is 38.2 Å². The Morgan fingerprint density at radius 1 is 0.585 bits per heavy atom. The molecule has 8 heteroatoms. The number of quaternary nitrogens is 1. The molecule has 1 N–H and O–H groups in total. The van der Waals surface area contributed by atoms with E-state index in [1.165, 1.54) is 0 Å². The number of carboxylic acids is 1. The van der Waals surface area contributed by atoms with Crippen LogP contribution >= 0.6 is 0 Å². The number of hydrogen-bond acceptors (Lipinski definition) is 6. The number of unbranched alkanes of at least 4 members (excludes halogenated alkanes) is 8. The number of rotatable bonds is 33. The Morgan fingerprint density at radius 3 is 1.70 bits per heavy atom. The molecule has 0 aliphatic rings. The minimum atomic E-state index is -0.890. The number of carbonyl (C=O) groups is 3. The molecule has 0 rings (SSSR count). The highest BCUT2D eigenvalue weighted by Crippen LogP contribution is 2.12. The van der Waals surface area contributed by atoms with E-state index in [9.17, 15) is 19.5 Å². The average molecular weight is 739 g/mol. The summed E-state index contributed by atoms with van der Waals surface area (Å²) in [6.07, 6.45) is 45.9. The molecule has 0 aromatic carbocycles. The highest BCUT2D eigenvalue weighted by Gasteiger charge is 2.31. The highest BCUT2D eigenvalue weighted by atomic mass is 16.6. The Morgan fingerprint density at radius 2 is 1.09 bits per heavy atom. The first-order valence-corrected chi connectivity index (χ1v) is 19.9. The van der Waals surface area contributed by atoms with Gasteiger partial charge >= 0.3 is 17.9 Å². The van der Waals surface area contributed by atoms with E-state index in [-0.39, 0.29) is 36.2 Å². The predicted octanol–water partition coefficient (Wildman–Crippen LogP) is 10.3. The summed E-state index contributed by atoms with van der Waals surface area (Å²) < 4.78 is 17.1.